The standard InChI is InChI=1S/C23H19N3O4/c1-3-12-5-6-13(9-24)15-7-14-10-26-18(20(14)25-19(12)15)8-17-16(21(26)27)11-30-22(28)23(17,29)4-2/h5-8,29H,3-4,10-11H2,1-2H3/t23-/m0/s1. The molecule has 2 aliphatic heterocycles. The van der Waals surface area contributed by atoms with Crippen LogP contribution in [0.15, 0.2) is 29.1 Å². The molecule has 0 fully saturated rings. The molecule has 0 saturated carbocycles. The highest BCUT2D eigenvalue weighted by atomic mass is 16.6. The van der Waals surface area contributed by atoms with Gasteiger partial charge in [-0.25, -0.2) is 9.78 Å². The quantitative estimate of drug-likeness (QED) is 0.518. The average Bonchev–Trinajstić information content (AvgIpc) is 3.12. The number of aromatic nitrogens is 2. The van der Waals surface area contributed by atoms with E-state index in [2.05, 4.69) is 6.07 Å². The Labute approximate surface area is 172 Å². The predicted molar refractivity (Wildman–Crippen MR) is 109 cm³/mol. The average molecular weight is 401 g/mol. The van der Waals surface area contributed by atoms with Crippen molar-refractivity contribution in [3.8, 4) is 17.5 Å². The van der Waals surface area contributed by atoms with Crippen LogP contribution in [0.4, 0.5) is 0 Å². The zero-order valence-corrected chi connectivity index (χ0v) is 16.7. The molecule has 0 amide bonds. The van der Waals surface area contributed by atoms with E-state index >= 15 is 0 Å². The lowest BCUT2D eigenvalue weighted by molar-refractivity contribution is -0.172. The highest BCUT2D eigenvalue weighted by Gasteiger charge is 2.45. The molecule has 0 bridgehead atoms. The van der Waals surface area contributed by atoms with Crippen molar-refractivity contribution in [1.82, 2.24) is 9.55 Å². The van der Waals surface area contributed by atoms with Crippen LogP contribution in [0.5, 0.6) is 0 Å². The number of ether oxygens (including phenoxy) is 1. The fourth-order valence-electron chi connectivity index (χ4n) is 4.51. The second-order valence-electron chi connectivity index (χ2n) is 7.73. The zero-order valence-electron chi connectivity index (χ0n) is 16.7. The van der Waals surface area contributed by atoms with Crippen molar-refractivity contribution in [1.29, 1.82) is 5.26 Å². The molecule has 1 aromatic carbocycles. The topological polar surface area (TPSA) is 105 Å². The summed E-state index contributed by atoms with van der Waals surface area (Å²) in [6.07, 6.45) is 0.859. The van der Waals surface area contributed by atoms with Gasteiger partial charge in [0.15, 0.2) is 5.60 Å². The number of carbonyl (C=O) groups is 1. The highest BCUT2D eigenvalue weighted by molar-refractivity contribution is 5.91. The molecule has 0 radical (unpaired) electrons. The number of nitrogens with zero attached hydrogens (tertiary/aromatic N) is 3. The van der Waals surface area contributed by atoms with E-state index in [1.54, 1.807) is 23.6 Å². The number of nitriles is 1. The van der Waals surface area contributed by atoms with E-state index in [-0.39, 0.29) is 18.6 Å². The van der Waals surface area contributed by atoms with Crippen molar-refractivity contribution in [3.05, 3.63) is 62.4 Å². The van der Waals surface area contributed by atoms with Crippen molar-refractivity contribution >= 4 is 16.9 Å². The molecule has 30 heavy (non-hydrogen) atoms. The van der Waals surface area contributed by atoms with Gasteiger partial charge in [0.2, 0.25) is 0 Å². The van der Waals surface area contributed by atoms with Crippen LogP contribution in [0.25, 0.3) is 22.3 Å². The minimum atomic E-state index is -1.84. The number of cyclic esters (lactones) is 1. The van der Waals surface area contributed by atoms with Gasteiger partial charge in [0, 0.05) is 16.5 Å². The second-order valence-corrected chi connectivity index (χ2v) is 7.73. The summed E-state index contributed by atoms with van der Waals surface area (Å²) in [5.41, 5.74) is 2.80. The number of esters is 1. The van der Waals surface area contributed by atoms with Crippen LogP contribution in [0, 0.1) is 11.3 Å². The van der Waals surface area contributed by atoms with E-state index in [0.717, 1.165) is 28.5 Å². The molecule has 7 nitrogen and oxygen atoms in total. The van der Waals surface area contributed by atoms with E-state index in [0.29, 0.717) is 34.6 Å². The molecule has 0 spiro atoms. The molecular weight excluding hydrogens is 382 g/mol. The van der Waals surface area contributed by atoms with Gasteiger partial charge in [-0.1, -0.05) is 19.9 Å². The Kier molecular flexibility index (Phi) is 3.86. The fraction of sp³-hybridized carbons (Fsp3) is 0.304. The molecule has 0 saturated heterocycles. The molecule has 0 unspecified atom stereocenters. The van der Waals surface area contributed by atoms with E-state index in [1.165, 1.54) is 0 Å². The van der Waals surface area contributed by atoms with Crippen molar-refractivity contribution in [2.75, 3.05) is 0 Å². The molecule has 4 heterocycles. The molecule has 7 heteroatoms. The molecule has 1 atom stereocenters. The minimum absolute atomic E-state index is 0.102. The normalized spacial score (nSPS) is 19.1. The van der Waals surface area contributed by atoms with Crippen LogP contribution in [0.2, 0.25) is 0 Å². The van der Waals surface area contributed by atoms with Crippen LogP contribution < -0.4 is 5.56 Å². The Morgan fingerprint density at radius 3 is 2.80 bits per heavy atom. The van der Waals surface area contributed by atoms with Gasteiger partial charge in [-0.3, -0.25) is 4.79 Å². The number of aryl methyl sites for hydroxylation is 1. The molecule has 3 aromatic rings. The minimum Gasteiger partial charge on any atom is -0.458 e. The van der Waals surface area contributed by atoms with Crippen LogP contribution >= 0.6 is 0 Å². The van der Waals surface area contributed by atoms with Crippen LogP contribution in [-0.2, 0) is 34.7 Å². The van der Waals surface area contributed by atoms with Crippen LogP contribution in [0.3, 0.4) is 0 Å². The third kappa shape index (κ3) is 2.25. The number of fused-ring (bicyclic) bond motifs is 5. The first-order chi connectivity index (χ1) is 14.4. The summed E-state index contributed by atoms with van der Waals surface area (Å²) in [6.45, 7) is 3.87. The Morgan fingerprint density at radius 2 is 2.10 bits per heavy atom. The molecule has 2 aromatic heterocycles. The molecule has 5 rings (SSSR count). The lowest BCUT2D eigenvalue weighted by Crippen LogP contribution is -2.44. The van der Waals surface area contributed by atoms with Gasteiger partial charge in [0.1, 0.15) is 6.61 Å². The highest BCUT2D eigenvalue weighted by Crippen LogP contribution is 2.39. The van der Waals surface area contributed by atoms with Gasteiger partial charge in [-0.15, -0.1) is 0 Å². The summed E-state index contributed by atoms with van der Waals surface area (Å²) in [4.78, 5) is 30.3. The molecule has 0 aliphatic carbocycles. The van der Waals surface area contributed by atoms with Crippen molar-refractivity contribution < 1.29 is 14.6 Å². The first kappa shape index (κ1) is 18.5. The Bertz CT molecular complexity index is 1370. The molecule has 1 N–H and O–H groups in total. The van der Waals surface area contributed by atoms with Gasteiger partial charge in [0.25, 0.3) is 5.56 Å². The smallest absolute Gasteiger partial charge is 0.343 e. The van der Waals surface area contributed by atoms with Gasteiger partial charge in [-0.2, -0.15) is 5.26 Å². The first-order valence-corrected chi connectivity index (χ1v) is 9.95. The summed E-state index contributed by atoms with van der Waals surface area (Å²) in [5, 5.41) is 21.2. The van der Waals surface area contributed by atoms with E-state index < -0.39 is 11.6 Å². The number of rotatable bonds is 2. The van der Waals surface area contributed by atoms with Crippen LogP contribution in [-0.4, -0.2) is 20.6 Å². The Morgan fingerprint density at radius 1 is 1.30 bits per heavy atom. The summed E-state index contributed by atoms with van der Waals surface area (Å²) in [7, 11) is 0. The largest absolute Gasteiger partial charge is 0.458 e. The van der Waals surface area contributed by atoms with Gasteiger partial charge >= 0.3 is 5.97 Å². The lowest BCUT2D eigenvalue weighted by Gasteiger charge is -2.31. The summed E-state index contributed by atoms with van der Waals surface area (Å²) < 4.78 is 6.70. The van der Waals surface area contributed by atoms with Crippen molar-refractivity contribution in [2.45, 2.75) is 45.4 Å². The number of aliphatic hydroxyl groups is 1. The van der Waals surface area contributed by atoms with Gasteiger partial charge < -0.3 is 14.4 Å². The van der Waals surface area contributed by atoms with Gasteiger partial charge in [0.05, 0.1) is 40.6 Å². The second kappa shape index (κ2) is 6.25. The maximum absolute atomic E-state index is 13.2. The maximum atomic E-state index is 13.2. The number of pyridine rings is 2. The predicted octanol–water partition coefficient (Wildman–Crippen LogP) is 2.51. The van der Waals surface area contributed by atoms with Crippen LogP contribution in [0.1, 0.15) is 48.1 Å². The third-order valence-corrected chi connectivity index (χ3v) is 6.26. The first-order valence-electron chi connectivity index (χ1n) is 9.95. The number of carbonyl (C=O) groups excluding carboxylic acids is 1. The SMILES string of the molecule is CCc1ccc(C#N)c2cc3c(nc12)-c1cc2c(c(=O)n1C3)COC(=O)[C@]2(O)CC. The summed E-state index contributed by atoms with van der Waals surface area (Å²) >= 11 is 0. The molecule has 150 valence electrons. The zero-order chi connectivity index (χ0) is 21.2. The fourth-order valence-corrected chi connectivity index (χ4v) is 4.51. The van der Waals surface area contributed by atoms with E-state index in [1.807, 2.05) is 19.1 Å². The van der Waals surface area contributed by atoms with Gasteiger partial charge in [-0.05, 0) is 36.6 Å². The number of hydrogen-bond donors (Lipinski definition) is 1. The Hall–Kier alpha value is -3.50. The lowest BCUT2D eigenvalue weighted by atomic mass is 9.86. The monoisotopic (exact) mass is 401 g/mol. The third-order valence-electron chi connectivity index (χ3n) is 6.26. The van der Waals surface area contributed by atoms with Crippen molar-refractivity contribution in [2.24, 2.45) is 0 Å². The maximum Gasteiger partial charge on any atom is 0.343 e. The van der Waals surface area contributed by atoms with Crippen molar-refractivity contribution in [3.63, 3.8) is 0 Å². The Balaban J connectivity index is 1.82. The summed E-state index contributed by atoms with van der Waals surface area (Å²) in [5.74, 6) is -0.738. The molecular formula is C23H19N3O4. The van der Waals surface area contributed by atoms with E-state index in [9.17, 15) is 20.0 Å². The van der Waals surface area contributed by atoms with E-state index in [4.69, 9.17) is 9.72 Å². The molecule has 2 aliphatic rings. The number of benzene rings is 1. The number of hydrogen-bond acceptors (Lipinski definition) is 6. The summed E-state index contributed by atoms with van der Waals surface area (Å²) in [6, 6.07) is 9.54.